The highest BCUT2D eigenvalue weighted by atomic mass is 16.7. The molecule has 2 aliphatic heterocycles. The van der Waals surface area contributed by atoms with Crippen molar-refractivity contribution < 1.29 is 19.1 Å². The molecule has 4 rings (SSSR count). The number of hydrogen-bond donors (Lipinski definition) is 0. The van der Waals surface area contributed by atoms with Gasteiger partial charge in [0.25, 0.3) is 5.91 Å². The fourth-order valence-corrected chi connectivity index (χ4v) is 3.21. The van der Waals surface area contributed by atoms with Crippen LogP contribution in [0, 0.1) is 0 Å². The van der Waals surface area contributed by atoms with Gasteiger partial charge in [0.2, 0.25) is 12.7 Å². The SMILES string of the molecule is C[C@H]1C(=O)N(c2ccccc2)CCN1C(=O)c1ccc2c(c1)OCO2. The molecule has 1 atom stereocenters. The lowest BCUT2D eigenvalue weighted by Gasteiger charge is -2.39. The standard InChI is InChI=1S/C19H18N2O4/c1-13-18(22)21(15-5-3-2-4-6-15)10-9-20(13)19(23)14-7-8-16-17(11-14)25-12-24-16/h2-8,11,13H,9-10,12H2,1H3/t13-/m0/s1. The molecule has 128 valence electrons. The highest BCUT2D eigenvalue weighted by Gasteiger charge is 2.35. The predicted molar refractivity (Wildman–Crippen MR) is 91.9 cm³/mol. The number of amides is 2. The normalized spacial score (nSPS) is 19.2. The van der Waals surface area contributed by atoms with Gasteiger partial charge in [-0.15, -0.1) is 0 Å². The van der Waals surface area contributed by atoms with E-state index in [4.69, 9.17) is 9.47 Å². The molecule has 0 unspecified atom stereocenters. The zero-order valence-corrected chi connectivity index (χ0v) is 13.8. The molecule has 0 aliphatic carbocycles. The number of carbonyl (C=O) groups is 2. The Bertz CT molecular complexity index is 821. The van der Waals surface area contributed by atoms with E-state index in [1.807, 2.05) is 30.3 Å². The third kappa shape index (κ3) is 2.69. The maximum absolute atomic E-state index is 12.9. The van der Waals surface area contributed by atoms with Crippen molar-refractivity contribution in [1.82, 2.24) is 4.90 Å². The fraction of sp³-hybridized carbons (Fsp3) is 0.263. The highest BCUT2D eigenvalue weighted by molar-refractivity contribution is 6.03. The number of rotatable bonds is 2. The number of hydrogen-bond acceptors (Lipinski definition) is 4. The Labute approximate surface area is 145 Å². The summed E-state index contributed by atoms with van der Waals surface area (Å²) in [6.45, 7) is 2.89. The minimum atomic E-state index is -0.521. The summed E-state index contributed by atoms with van der Waals surface area (Å²) in [5.41, 5.74) is 1.35. The molecule has 0 spiro atoms. The van der Waals surface area contributed by atoms with E-state index < -0.39 is 6.04 Å². The Balaban J connectivity index is 1.54. The Kier molecular flexibility index (Phi) is 3.80. The minimum Gasteiger partial charge on any atom is -0.454 e. The largest absolute Gasteiger partial charge is 0.454 e. The predicted octanol–water partition coefficient (Wildman–Crippen LogP) is 2.29. The van der Waals surface area contributed by atoms with Gasteiger partial charge in [0.15, 0.2) is 11.5 Å². The Morgan fingerprint density at radius 3 is 2.60 bits per heavy atom. The molecule has 0 saturated carbocycles. The van der Waals surface area contributed by atoms with Crippen molar-refractivity contribution in [3.63, 3.8) is 0 Å². The smallest absolute Gasteiger partial charge is 0.254 e. The van der Waals surface area contributed by atoms with E-state index >= 15 is 0 Å². The second-order valence-corrected chi connectivity index (χ2v) is 6.07. The van der Waals surface area contributed by atoms with E-state index in [9.17, 15) is 9.59 Å². The first-order valence-corrected chi connectivity index (χ1v) is 8.22. The van der Waals surface area contributed by atoms with Crippen molar-refractivity contribution in [1.29, 1.82) is 0 Å². The van der Waals surface area contributed by atoms with E-state index in [1.54, 1.807) is 34.9 Å². The molecule has 2 aromatic rings. The van der Waals surface area contributed by atoms with Gasteiger partial charge in [0.05, 0.1) is 0 Å². The summed E-state index contributed by atoms with van der Waals surface area (Å²) in [5, 5.41) is 0. The summed E-state index contributed by atoms with van der Waals surface area (Å²) in [7, 11) is 0. The van der Waals surface area contributed by atoms with Gasteiger partial charge in [-0.25, -0.2) is 0 Å². The molecule has 1 saturated heterocycles. The zero-order valence-electron chi connectivity index (χ0n) is 13.8. The quantitative estimate of drug-likeness (QED) is 0.843. The Morgan fingerprint density at radius 2 is 1.80 bits per heavy atom. The summed E-state index contributed by atoms with van der Waals surface area (Å²) < 4.78 is 10.6. The minimum absolute atomic E-state index is 0.0773. The van der Waals surface area contributed by atoms with Crippen LogP contribution in [0.1, 0.15) is 17.3 Å². The first kappa shape index (κ1) is 15.5. The Hall–Kier alpha value is -3.02. The molecule has 2 amide bonds. The first-order valence-electron chi connectivity index (χ1n) is 8.22. The van der Waals surface area contributed by atoms with Crippen molar-refractivity contribution in [2.75, 3.05) is 24.8 Å². The second kappa shape index (κ2) is 6.12. The molecule has 2 aromatic carbocycles. The average Bonchev–Trinajstić information content (AvgIpc) is 3.12. The zero-order chi connectivity index (χ0) is 17.4. The molecule has 0 bridgehead atoms. The lowest BCUT2D eigenvalue weighted by atomic mass is 10.1. The van der Waals surface area contributed by atoms with Crippen LogP contribution in [0.4, 0.5) is 5.69 Å². The number of anilines is 1. The van der Waals surface area contributed by atoms with Crippen molar-refractivity contribution in [3.8, 4) is 11.5 Å². The number of para-hydroxylation sites is 1. The van der Waals surface area contributed by atoms with Crippen molar-refractivity contribution in [2.24, 2.45) is 0 Å². The molecule has 0 aromatic heterocycles. The monoisotopic (exact) mass is 338 g/mol. The third-order valence-electron chi connectivity index (χ3n) is 4.60. The molecule has 0 radical (unpaired) electrons. The Morgan fingerprint density at radius 1 is 1.04 bits per heavy atom. The maximum atomic E-state index is 12.9. The van der Waals surface area contributed by atoms with Gasteiger partial charge in [-0.05, 0) is 37.3 Å². The van der Waals surface area contributed by atoms with Gasteiger partial charge in [-0.1, -0.05) is 18.2 Å². The van der Waals surface area contributed by atoms with Crippen molar-refractivity contribution >= 4 is 17.5 Å². The van der Waals surface area contributed by atoms with Crippen molar-refractivity contribution in [2.45, 2.75) is 13.0 Å². The van der Waals surface area contributed by atoms with Crippen LogP contribution in [0.5, 0.6) is 11.5 Å². The summed E-state index contributed by atoms with van der Waals surface area (Å²) in [4.78, 5) is 28.9. The van der Waals surface area contributed by atoms with Crippen LogP contribution >= 0.6 is 0 Å². The van der Waals surface area contributed by atoms with Gasteiger partial charge in [-0.3, -0.25) is 9.59 Å². The molecule has 1 fully saturated rings. The van der Waals surface area contributed by atoms with Crippen LogP contribution in [0.25, 0.3) is 0 Å². The van der Waals surface area contributed by atoms with Crippen LogP contribution in [-0.2, 0) is 4.79 Å². The van der Waals surface area contributed by atoms with Gasteiger partial charge < -0.3 is 19.3 Å². The number of piperazine rings is 1. The molecule has 6 nitrogen and oxygen atoms in total. The number of fused-ring (bicyclic) bond motifs is 1. The average molecular weight is 338 g/mol. The molecule has 2 heterocycles. The number of carbonyl (C=O) groups excluding carboxylic acids is 2. The summed E-state index contributed by atoms with van der Waals surface area (Å²) in [5.74, 6) is 0.945. The van der Waals surface area contributed by atoms with Gasteiger partial charge in [0.1, 0.15) is 6.04 Å². The maximum Gasteiger partial charge on any atom is 0.254 e. The molecular formula is C19H18N2O4. The summed E-state index contributed by atoms with van der Waals surface area (Å²) in [6, 6.07) is 14.1. The molecule has 6 heteroatoms. The van der Waals surface area contributed by atoms with Gasteiger partial charge >= 0.3 is 0 Å². The van der Waals surface area contributed by atoms with E-state index in [-0.39, 0.29) is 18.6 Å². The topological polar surface area (TPSA) is 59.1 Å². The van der Waals surface area contributed by atoms with Crippen LogP contribution < -0.4 is 14.4 Å². The van der Waals surface area contributed by atoms with Crippen molar-refractivity contribution in [3.05, 3.63) is 54.1 Å². The molecule has 0 N–H and O–H groups in total. The summed E-state index contributed by atoms with van der Waals surface area (Å²) in [6.07, 6.45) is 0. The van der Waals surface area contributed by atoms with Crippen LogP contribution in [0.2, 0.25) is 0 Å². The molecule has 2 aliphatic rings. The van der Waals surface area contributed by atoms with Gasteiger partial charge in [0, 0.05) is 24.3 Å². The number of ether oxygens (including phenoxy) is 2. The van der Waals surface area contributed by atoms with Crippen LogP contribution in [0.3, 0.4) is 0 Å². The van der Waals surface area contributed by atoms with E-state index in [0.717, 1.165) is 5.69 Å². The number of benzene rings is 2. The lowest BCUT2D eigenvalue weighted by molar-refractivity contribution is -0.124. The number of nitrogens with zero attached hydrogens (tertiary/aromatic N) is 2. The van der Waals surface area contributed by atoms with E-state index in [2.05, 4.69) is 0 Å². The molecule has 25 heavy (non-hydrogen) atoms. The highest BCUT2D eigenvalue weighted by Crippen LogP contribution is 2.33. The third-order valence-corrected chi connectivity index (χ3v) is 4.60. The van der Waals surface area contributed by atoms with Gasteiger partial charge in [-0.2, -0.15) is 0 Å². The van der Waals surface area contributed by atoms with Crippen LogP contribution in [0.15, 0.2) is 48.5 Å². The van der Waals surface area contributed by atoms with Crippen LogP contribution in [-0.4, -0.2) is 42.6 Å². The first-order chi connectivity index (χ1) is 12.1. The fourth-order valence-electron chi connectivity index (χ4n) is 3.21. The van der Waals surface area contributed by atoms with E-state index in [1.165, 1.54) is 0 Å². The molecular weight excluding hydrogens is 320 g/mol. The lowest BCUT2D eigenvalue weighted by Crippen LogP contribution is -2.57. The van der Waals surface area contributed by atoms with E-state index in [0.29, 0.717) is 30.2 Å². The second-order valence-electron chi connectivity index (χ2n) is 6.07. The summed E-state index contributed by atoms with van der Waals surface area (Å²) >= 11 is 0.